The zero-order chi connectivity index (χ0) is 30.7. The summed E-state index contributed by atoms with van der Waals surface area (Å²) in [5.41, 5.74) is 10.3. The first kappa shape index (κ1) is 34.3. The van der Waals surface area contributed by atoms with Gasteiger partial charge < -0.3 is 21.5 Å². The summed E-state index contributed by atoms with van der Waals surface area (Å²) in [6.45, 7) is -0.980. The van der Waals surface area contributed by atoms with Gasteiger partial charge in [-0.1, -0.05) is 60.7 Å². The van der Waals surface area contributed by atoms with E-state index in [0.717, 1.165) is 10.8 Å². The molecule has 1 unspecified atom stereocenters. The van der Waals surface area contributed by atoms with Gasteiger partial charge in [-0.05, 0) is 18.4 Å². The lowest BCUT2D eigenvalue weighted by Gasteiger charge is -2.20. The van der Waals surface area contributed by atoms with Gasteiger partial charge in [-0.15, -0.1) is 12.4 Å². The number of aromatic nitrogens is 2. The fourth-order valence-electron chi connectivity index (χ4n) is 3.76. The summed E-state index contributed by atoms with van der Waals surface area (Å²) in [5.74, 6) is -3.55. The third kappa shape index (κ3) is 10.5. The molecule has 0 fully saturated rings. The lowest BCUT2D eigenvalue weighted by molar-refractivity contribution is -0.174. The third-order valence-corrected chi connectivity index (χ3v) is 5.71. The van der Waals surface area contributed by atoms with Crippen LogP contribution in [0.25, 0.3) is 11.4 Å². The number of alkyl halides is 3. The van der Waals surface area contributed by atoms with Gasteiger partial charge in [-0.25, -0.2) is 9.78 Å². The summed E-state index contributed by atoms with van der Waals surface area (Å²) in [4.78, 5) is 58.5. The van der Waals surface area contributed by atoms with Crippen LogP contribution in [0.2, 0.25) is 0 Å². The van der Waals surface area contributed by atoms with Gasteiger partial charge in [0.15, 0.2) is 5.96 Å². The molecule has 0 bridgehead atoms. The van der Waals surface area contributed by atoms with Gasteiger partial charge in [-0.3, -0.25) is 29.3 Å². The zero-order valence-corrected chi connectivity index (χ0v) is 23.4. The molecule has 3 rings (SSSR count). The maximum absolute atomic E-state index is 13.3. The van der Waals surface area contributed by atoms with Crippen LogP contribution in [0.3, 0.4) is 0 Å². The Morgan fingerprint density at radius 2 is 1.65 bits per heavy atom. The predicted molar refractivity (Wildman–Crippen MR) is 154 cm³/mol. The first-order valence-electron chi connectivity index (χ1n) is 12.5. The molecule has 2 aromatic carbocycles. The Morgan fingerprint density at radius 1 is 1.02 bits per heavy atom. The number of nitrogens with zero attached hydrogens (tertiary/aromatic N) is 3. The van der Waals surface area contributed by atoms with Crippen LogP contribution in [0.1, 0.15) is 18.4 Å². The second-order valence-corrected chi connectivity index (χ2v) is 8.87. The topological polar surface area (TPSA) is 184 Å². The molecular formula is C27H29ClF3N7O5. The molecule has 3 aromatic rings. The maximum atomic E-state index is 13.3. The number of halogens is 4. The molecule has 2 amide bonds. The Bertz CT molecular complexity index is 1480. The minimum absolute atomic E-state index is 0. The van der Waals surface area contributed by atoms with E-state index in [0.29, 0.717) is 11.1 Å². The molecule has 1 heterocycles. The first-order chi connectivity index (χ1) is 20.0. The van der Waals surface area contributed by atoms with Crippen molar-refractivity contribution in [2.45, 2.75) is 38.2 Å². The quantitative estimate of drug-likeness (QED) is 0.135. The molecule has 0 aliphatic carbocycles. The highest BCUT2D eigenvalue weighted by molar-refractivity contribution is 5.92. The van der Waals surface area contributed by atoms with Crippen LogP contribution in [0.5, 0.6) is 0 Å². The Hall–Kier alpha value is -4.92. The van der Waals surface area contributed by atoms with Crippen molar-refractivity contribution in [2.24, 2.45) is 16.5 Å². The van der Waals surface area contributed by atoms with Gasteiger partial charge >= 0.3 is 12.3 Å². The Balaban J connectivity index is 0.00000645. The number of carbonyl (C=O) groups excluding carboxylic acids is 3. The molecule has 43 heavy (non-hydrogen) atoms. The minimum atomic E-state index is -5.23. The van der Waals surface area contributed by atoms with Crippen molar-refractivity contribution in [2.75, 3.05) is 11.9 Å². The fourth-order valence-corrected chi connectivity index (χ4v) is 3.76. The molecule has 0 spiro atoms. The van der Waals surface area contributed by atoms with Crippen LogP contribution < -0.4 is 27.7 Å². The molecule has 1 atom stereocenters. The standard InChI is InChI=1S/C27H28F3N7O5.ClH/c28-27(29,30)22(39)19(12-7-13-33-25(31)32)35-21(38)15-37-23(18-10-5-2-6-11-18)34-14-20(24(37)40)36-26(41)42-16-17-8-3-1-4-9-17;/h1-6,8-11,14,19H,7,12-13,15-16H2,(H,35,38)(H,36,41)(H4,31,32,33);1H. The molecule has 0 saturated heterocycles. The van der Waals surface area contributed by atoms with E-state index < -0.39 is 48.5 Å². The van der Waals surface area contributed by atoms with Crippen LogP contribution in [0.15, 0.2) is 76.6 Å². The molecule has 6 N–H and O–H groups in total. The highest BCUT2D eigenvalue weighted by atomic mass is 35.5. The monoisotopic (exact) mass is 623 g/mol. The van der Waals surface area contributed by atoms with E-state index in [4.69, 9.17) is 16.2 Å². The van der Waals surface area contributed by atoms with E-state index in [9.17, 15) is 32.3 Å². The van der Waals surface area contributed by atoms with E-state index in [2.05, 4.69) is 15.3 Å². The molecule has 12 nitrogen and oxygen atoms in total. The van der Waals surface area contributed by atoms with Gasteiger partial charge in [0.25, 0.3) is 11.3 Å². The van der Waals surface area contributed by atoms with Crippen LogP contribution in [-0.4, -0.2) is 52.1 Å². The van der Waals surface area contributed by atoms with Crippen LogP contribution in [0.4, 0.5) is 23.7 Å². The van der Waals surface area contributed by atoms with Crippen molar-refractivity contribution >= 4 is 41.8 Å². The molecule has 230 valence electrons. The van der Waals surface area contributed by atoms with Gasteiger partial charge in [0.05, 0.1) is 12.2 Å². The Morgan fingerprint density at radius 3 is 2.26 bits per heavy atom. The highest BCUT2D eigenvalue weighted by Gasteiger charge is 2.43. The second kappa shape index (κ2) is 15.9. The van der Waals surface area contributed by atoms with E-state index in [1.165, 1.54) is 0 Å². The molecule has 1 aromatic heterocycles. The zero-order valence-electron chi connectivity index (χ0n) is 22.5. The number of anilines is 1. The number of guanidine groups is 1. The lowest BCUT2D eigenvalue weighted by atomic mass is 10.1. The van der Waals surface area contributed by atoms with Crippen molar-refractivity contribution in [3.8, 4) is 11.4 Å². The second-order valence-electron chi connectivity index (χ2n) is 8.87. The van der Waals surface area contributed by atoms with Gasteiger partial charge in [0, 0.05) is 12.1 Å². The number of hydrogen-bond donors (Lipinski definition) is 4. The number of Topliss-reactive ketones (excluding diaryl/α,β-unsaturated/α-hetero) is 1. The largest absolute Gasteiger partial charge is 0.452 e. The number of rotatable bonds is 12. The SMILES string of the molecule is Cl.NC(N)=NCCCC(NC(=O)Cn1c(-c2ccccc2)ncc(NC(=O)OCc2ccccc2)c1=O)C(=O)C(F)(F)F. The minimum Gasteiger partial charge on any atom is -0.444 e. The third-order valence-electron chi connectivity index (χ3n) is 5.71. The van der Waals surface area contributed by atoms with Crippen molar-refractivity contribution < 1.29 is 32.3 Å². The molecular weight excluding hydrogens is 595 g/mol. The number of hydrogen-bond acceptors (Lipinski definition) is 7. The summed E-state index contributed by atoms with van der Waals surface area (Å²) >= 11 is 0. The average molecular weight is 624 g/mol. The number of benzene rings is 2. The summed E-state index contributed by atoms with van der Waals surface area (Å²) in [6, 6.07) is 15.0. The van der Waals surface area contributed by atoms with Crippen molar-refractivity contribution in [1.82, 2.24) is 14.9 Å². The fraction of sp³-hybridized carbons (Fsp3) is 0.259. The molecule has 16 heteroatoms. The molecule has 0 aliphatic heterocycles. The number of ketones is 1. The number of amides is 2. The van der Waals surface area contributed by atoms with Gasteiger partial charge in [0.2, 0.25) is 5.91 Å². The Kier molecular flexibility index (Phi) is 12.7. The van der Waals surface area contributed by atoms with Crippen LogP contribution in [-0.2, 0) is 27.5 Å². The van der Waals surface area contributed by atoms with E-state index in [-0.39, 0.29) is 49.5 Å². The van der Waals surface area contributed by atoms with E-state index in [1.807, 2.05) is 5.32 Å². The predicted octanol–water partition coefficient (Wildman–Crippen LogP) is 2.75. The van der Waals surface area contributed by atoms with Crippen molar-refractivity contribution in [1.29, 1.82) is 0 Å². The molecule has 0 radical (unpaired) electrons. The van der Waals surface area contributed by atoms with E-state index in [1.54, 1.807) is 60.7 Å². The number of nitrogens with one attached hydrogen (secondary N) is 2. The summed E-state index contributed by atoms with van der Waals surface area (Å²) in [5, 5.41) is 4.32. The molecule has 0 aliphatic rings. The highest BCUT2D eigenvalue weighted by Crippen LogP contribution is 2.21. The lowest BCUT2D eigenvalue weighted by Crippen LogP contribution is -2.48. The number of carbonyl (C=O) groups is 3. The number of ether oxygens (including phenoxy) is 1. The smallest absolute Gasteiger partial charge is 0.444 e. The summed E-state index contributed by atoms with van der Waals surface area (Å²) in [7, 11) is 0. The maximum Gasteiger partial charge on any atom is 0.452 e. The summed E-state index contributed by atoms with van der Waals surface area (Å²) < 4.78 is 45.7. The van der Waals surface area contributed by atoms with Crippen molar-refractivity contribution in [3.05, 3.63) is 82.8 Å². The summed E-state index contributed by atoms with van der Waals surface area (Å²) in [6.07, 6.45) is -5.60. The number of nitrogens with two attached hydrogens (primary N) is 2. The van der Waals surface area contributed by atoms with Crippen LogP contribution in [0, 0.1) is 0 Å². The number of aliphatic imine (C=N–C) groups is 1. The first-order valence-corrected chi connectivity index (χ1v) is 12.5. The van der Waals surface area contributed by atoms with E-state index >= 15 is 0 Å². The van der Waals surface area contributed by atoms with Crippen LogP contribution >= 0.6 is 12.4 Å². The normalized spacial score (nSPS) is 11.4. The Labute approximate surface area is 249 Å². The average Bonchev–Trinajstić information content (AvgIpc) is 2.95. The van der Waals surface area contributed by atoms with Gasteiger partial charge in [-0.2, -0.15) is 13.2 Å². The van der Waals surface area contributed by atoms with Crippen molar-refractivity contribution in [3.63, 3.8) is 0 Å². The molecule has 0 saturated carbocycles. The van der Waals surface area contributed by atoms with Gasteiger partial charge in [0.1, 0.15) is 24.7 Å².